The average Bonchev–Trinajstić information content (AvgIpc) is 3.66. The molecule has 5 nitrogen and oxygen atoms in total. The van der Waals surface area contributed by atoms with Gasteiger partial charge in [0, 0.05) is 44.7 Å². The molecule has 53 heavy (non-hydrogen) atoms. The fraction of sp³-hybridized carbons (Fsp3) is 0.0208. The van der Waals surface area contributed by atoms with Crippen molar-refractivity contribution in [2.24, 2.45) is 0 Å². The standard InChI is InChI=1S/C48H33N5/c1-4-13-34(14-5-1)42-31-43(51-47(50-42)36-15-6-2-7-16-36)35-24-22-32(23-25-35)33-26-28-38(29-27-33)53-46-41-21-12-30-49-44(41)39-19-10-11-20-40(39)45(46)52-48(53)37-17-8-3-9-18-37/h1-31,48,52H. The molecule has 0 saturated heterocycles. The lowest BCUT2D eigenvalue weighted by molar-refractivity contribution is 0.830. The Hall–Kier alpha value is -7.11. The second-order valence-corrected chi connectivity index (χ2v) is 13.3. The van der Waals surface area contributed by atoms with Gasteiger partial charge in [0.2, 0.25) is 0 Å². The minimum absolute atomic E-state index is 0.0834. The summed E-state index contributed by atoms with van der Waals surface area (Å²) in [5.41, 5.74) is 12.8. The van der Waals surface area contributed by atoms with Crippen LogP contribution < -0.4 is 10.2 Å². The van der Waals surface area contributed by atoms with Crippen LogP contribution in [0, 0.1) is 0 Å². The Morgan fingerprint density at radius 2 is 0.981 bits per heavy atom. The van der Waals surface area contributed by atoms with Gasteiger partial charge in [-0.25, -0.2) is 9.97 Å². The summed E-state index contributed by atoms with van der Waals surface area (Å²) < 4.78 is 0. The molecule has 0 amide bonds. The molecule has 2 aromatic heterocycles. The maximum atomic E-state index is 5.02. The highest BCUT2D eigenvalue weighted by Crippen LogP contribution is 2.53. The van der Waals surface area contributed by atoms with Crippen LogP contribution in [0.2, 0.25) is 0 Å². The third-order valence-corrected chi connectivity index (χ3v) is 10.1. The normalized spacial score (nSPS) is 13.6. The molecule has 0 radical (unpaired) electrons. The number of fused-ring (bicyclic) bond motifs is 6. The predicted molar refractivity (Wildman–Crippen MR) is 218 cm³/mol. The second-order valence-electron chi connectivity index (χ2n) is 13.3. The van der Waals surface area contributed by atoms with Gasteiger partial charge < -0.3 is 10.2 Å². The van der Waals surface area contributed by atoms with Gasteiger partial charge in [-0.1, -0.05) is 152 Å². The first-order valence-corrected chi connectivity index (χ1v) is 17.9. The molecule has 1 aliphatic rings. The molecule has 250 valence electrons. The van der Waals surface area contributed by atoms with E-state index in [1.54, 1.807) is 0 Å². The Labute approximate surface area is 307 Å². The Morgan fingerprint density at radius 3 is 1.66 bits per heavy atom. The molecule has 10 rings (SSSR count). The summed E-state index contributed by atoms with van der Waals surface area (Å²) in [5.74, 6) is 0.713. The zero-order valence-electron chi connectivity index (χ0n) is 28.8. The van der Waals surface area contributed by atoms with Crippen LogP contribution in [-0.4, -0.2) is 15.0 Å². The van der Waals surface area contributed by atoms with Gasteiger partial charge >= 0.3 is 0 Å². The van der Waals surface area contributed by atoms with E-state index < -0.39 is 0 Å². The summed E-state index contributed by atoms with van der Waals surface area (Å²) in [6.07, 6.45) is 1.80. The first kappa shape index (κ1) is 30.7. The molecule has 0 aliphatic carbocycles. The highest BCUT2D eigenvalue weighted by atomic mass is 15.3. The summed E-state index contributed by atoms with van der Waals surface area (Å²) in [5, 5.41) is 7.37. The van der Waals surface area contributed by atoms with E-state index in [4.69, 9.17) is 15.0 Å². The molecule has 1 N–H and O–H groups in total. The van der Waals surface area contributed by atoms with Crippen molar-refractivity contribution >= 4 is 38.7 Å². The molecule has 0 saturated carbocycles. The first-order valence-electron chi connectivity index (χ1n) is 17.9. The smallest absolute Gasteiger partial charge is 0.160 e. The van der Waals surface area contributed by atoms with Crippen molar-refractivity contribution < 1.29 is 0 Å². The fourth-order valence-corrected chi connectivity index (χ4v) is 7.57. The molecule has 1 atom stereocenters. The Balaban J connectivity index is 1.02. The van der Waals surface area contributed by atoms with E-state index in [1.165, 1.54) is 10.9 Å². The topological polar surface area (TPSA) is 53.9 Å². The summed E-state index contributed by atoms with van der Waals surface area (Å²) in [7, 11) is 0. The van der Waals surface area contributed by atoms with Crippen LogP contribution in [0.1, 0.15) is 11.7 Å². The van der Waals surface area contributed by atoms with Crippen LogP contribution in [0.3, 0.4) is 0 Å². The van der Waals surface area contributed by atoms with Gasteiger partial charge in [-0.2, -0.15) is 0 Å². The molecule has 3 heterocycles. The zero-order valence-corrected chi connectivity index (χ0v) is 28.8. The number of pyridine rings is 1. The Bertz CT molecular complexity index is 2670. The van der Waals surface area contributed by atoms with E-state index in [9.17, 15) is 0 Å². The monoisotopic (exact) mass is 679 g/mol. The van der Waals surface area contributed by atoms with Crippen LogP contribution in [0.15, 0.2) is 188 Å². The molecule has 0 fully saturated rings. The van der Waals surface area contributed by atoms with E-state index in [0.29, 0.717) is 5.82 Å². The maximum Gasteiger partial charge on any atom is 0.160 e. The third-order valence-electron chi connectivity index (χ3n) is 10.1. The summed E-state index contributed by atoms with van der Waals surface area (Å²) in [4.78, 5) is 17.3. The number of benzene rings is 7. The number of nitrogens with zero attached hydrogens (tertiary/aromatic N) is 4. The largest absolute Gasteiger partial charge is 0.359 e. The van der Waals surface area contributed by atoms with E-state index in [0.717, 1.165) is 72.6 Å². The average molecular weight is 680 g/mol. The number of hydrogen-bond acceptors (Lipinski definition) is 5. The van der Waals surface area contributed by atoms with Crippen molar-refractivity contribution in [1.29, 1.82) is 0 Å². The van der Waals surface area contributed by atoms with Gasteiger partial charge in [0.15, 0.2) is 5.82 Å². The lowest BCUT2D eigenvalue weighted by Crippen LogP contribution is -2.23. The third kappa shape index (κ3) is 5.47. The number of rotatable bonds is 6. The van der Waals surface area contributed by atoms with Crippen LogP contribution in [0.25, 0.3) is 66.7 Å². The molecule has 1 aliphatic heterocycles. The summed E-state index contributed by atoms with van der Waals surface area (Å²) in [6, 6.07) is 63.6. The van der Waals surface area contributed by atoms with E-state index in [-0.39, 0.29) is 6.17 Å². The van der Waals surface area contributed by atoms with Crippen molar-refractivity contribution in [1.82, 2.24) is 15.0 Å². The van der Waals surface area contributed by atoms with Crippen molar-refractivity contribution in [3.8, 4) is 45.0 Å². The number of anilines is 3. The Morgan fingerprint density at radius 1 is 0.453 bits per heavy atom. The highest BCUT2D eigenvalue weighted by molar-refractivity contribution is 6.20. The van der Waals surface area contributed by atoms with Crippen molar-refractivity contribution in [2.45, 2.75) is 6.17 Å². The lowest BCUT2D eigenvalue weighted by Gasteiger charge is -2.28. The molecular weight excluding hydrogens is 647 g/mol. The lowest BCUT2D eigenvalue weighted by atomic mass is 10.00. The van der Waals surface area contributed by atoms with Gasteiger partial charge in [-0.15, -0.1) is 0 Å². The molecule has 9 aromatic rings. The predicted octanol–water partition coefficient (Wildman–Crippen LogP) is 12.1. The molecule has 5 heteroatoms. The van der Waals surface area contributed by atoms with Gasteiger partial charge in [-0.3, -0.25) is 4.98 Å². The van der Waals surface area contributed by atoms with Gasteiger partial charge in [0.1, 0.15) is 6.17 Å². The highest BCUT2D eigenvalue weighted by Gasteiger charge is 2.34. The van der Waals surface area contributed by atoms with Crippen LogP contribution in [0.5, 0.6) is 0 Å². The molecular formula is C48H33N5. The van der Waals surface area contributed by atoms with Crippen molar-refractivity contribution in [3.05, 3.63) is 194 Å². The maximum absolute atomic E-state index is 5.02. The number of hydrogen-bond donors (Lipinski definition) is 1. The Kier molecular flexibility index (Phi) is 7.47. The molecule has 7 aromatic carbocycles. The van der Waals surface area contributed by atoms with E-state index >= 15 is 0 Å². The van der Waals surface area contributed by atoms with Gasteiger partial charge in [-0.05, 0) is 47.0 Å². The van der Waals surface area contributed by atoms with Crippen LogP contribution in [-0.2, 0) is 0 Å². The fourth-order valence-electron chi connectivity index (χ4n) is 7.57. The quantitative estimate of drug-likeness (QED) is 0.177. The second kappa shape index (κ2) is 12.9. The molecule has 0 spiro atoms. The van der Waals surface area contributed by atoms with Crippen LogP contribution in [0.4, 0.5) is 17.1 Å². The minimum atomic E-state index is -0.0834. The first-order chi connectivity index (χ1) is 26.3. The number of aromatic nitrogens is 3. The minimum Gasteiger partial charge on any atom is -0.359 e. The van der Waals surface area contributed by atoms with Gasteiger partial charge in [0.25, 0.3) is 0 Å². The zero-order chi connectivity index (χ0) is 35.1. The molecule has 1 unspecified atom stereocenters. The SMILES string of the molecule is c1ccc(-c2cc(-c3ccc(-c4ccc(N5c6c(c7ccccc7c7ncccc67)NC5c5ccccc5)cc4)cc3)nc(-c3ccccc3)n2)cc1. The molecule has 0 bridgehead atoms. The van der Waals surface area contributed by atoms with E-state index in [2.05, 4.69) is 150 Å². The van der Waals surface area contributed by atoms with Crippen LogP contribution >= 0.6 is 0 Å². The van der Waals surface area contributed by atoms with Gasteiger partial charge in [0.05, 0.1) is 28.3 Å². The van der Waals surface area contributed by atoms with E-state index in [1.807, 2.05) is 48.7 Å². The summed E-state index contributed by atoms with van der Waals surface area (Å²) >= 11 is 0. The van der Waals surface area contributed by atoms with Crippen molar-refractivity contribution in [3.63, 3.8) is 0 Å². The van der Waals surface area contributed by atoms with Crippen molar-refractivity contribution in [2.75, 3.05) is 10.2 Å². The number of nitrogens with one attached hydrogen (secondary N) is 1. The summed E-state index contributed by atoms with van der Waals surface area (Å²) in [6.45, 7) is 0.